The minimum absolute atomic E-state index is 0.289. The van der Waals surface area contributed by atoms with Crippen LogP contribution in [0.4, 0.5) is 0 Å². The summed E-state index contributed by atoms with van der Waals surface area (Å²) in [5.74, 6) is 1.09. The molecule has 0 aliphatic heterocycles. The van der Waals surface area contributed by atoms with E-state index in [1.165, 1.54) is 61.7 Å². The van der Waals surface area contributed by atoms with Crippen molar-refractivity contribution in [3.05, 3.63) is 34.9 Å². The molecule has 138 valence electrons. The molecule has 24 heavy (non-hydrogen) atoms. The van der Waals surface area contributed by atoms with Crippen molar-refractivity contribution in [3.63, 3.8) is 0 Å². The van der Waals surface area contributed by atoms with Crippen molar-refractivity contribution >= 4 is 5.78 Å². The molecule has 0 heterocycles. The average Bonchev–Trinajstić information content (AvgIpc) is 2.46. The fourth-order valence-corrected chi connectivity index (χ4v) is 2.80. The molecule has 0 aliphatic rings. The Balaban J connectivity index is 3.80. The van der Waals surface area contributed by atoms with Crippen LogP contribution in [0.3, 0.4) is 0 Å². The molecule has 0 N–H and O–H groups in total. The molecule has 1 nitrogen and oxygen atoms in total. The van der Waals surface area contributed by atoms with E-state index in [1.54, 1.807) is 6.92 Å². The van der Waals surface area contributed by atoms with Crippen LogP contribution in [0.2, 0.25) is 0 Å². The molecule has 1 unspecified atom stereocenters. The number of Topliss-reactive ketones (excluding diaryl/α,β-unsaturated/α-hetero) is 1. The minimum atomic E-state index is 0.289. The van der Waals surface area contributed by atoms with Crippen LogP contribution in [0.25, 0.3) is 0 Å². The molecule has 0 aromatic carbocycles. The second kappa shape index (κ2) is 14.3. The Bertz CT molecular complexity index is 433. The van der Waals surface area contributed by atoms with E-state index >= 15 is 0 Å². The summed E-state index contributed by atoms with van der Waals surface area (Å²) in [5.41, 5.74) is 4.39. The van der Waals surface area contributed by atoms with Crippen LogP contribution in [-0.4, -0.2) is 5.78 Å². The summed E-state index contributed by atoms with van der Waals surface area (Å²) in [7, 11) is 0. The zero-order valence-corrected chi connectivity index (χ0v) is 17.1. The van der Waals surface area contributed by atoms with E-state index < -0.39 is 0 Å². The zero-order chi connectivity index (χ0) is 18.4. The molecular weight excluding hydrogens is 292 g/mol. The highest BCUT2D eigenvalue weighted by atomic mass is 16.1. The Morgan fingerprint density at radius 2 is 1.33 bits per heavy atom. The highest BCUT2D eigenvalue weighted by molar-refractivity contribution is 5.75. The van der Waals surface area contributed by atoms with Crippen LogP contribution in [-0.2, 0) is 4.79 Å². The number of carbonyl (C=O) groups excluding carboxylic acids is 1. The monoisotopic (exact) mass is 332 g/mol. The molecule has 0 fully saturated rings. The van der Waals surface area contributed by atoms with E-state index in [0.717, 1.165) is 12.3 Å². The summed E-state index contributed by atoms with van der Waals surface area (Å²) < 4.78 is 0. The quantitative estimate of drug-likeness (QED) is 0.318. The second-order valence-electron chi connectivity index (χ2n) is 7.74. The van der Waals surface area contributed by atoms with Gasteiger partial charge in [0.25, 0.3) is 0 Å². The fourth-order valence-electron chi connectivity index (χ4n) is 2.80. The third-order valence-corrected chi connectivity index (χ3v) is 4.50. The summed E-state index contributed by atoms with van der Waals surface area (Å²) in [6.45, 7) is 12.8. The minimum Gasteiger partial charge on any atom is -0.300 e. The Labute approximate surface area is 151 Å². The maximum absolute atomic E-state index is 10.9. The SMILES string of the molecule is CC(=O)CC/C=C(\C)CCCC(C)CC/C=C(/C)CCC=C(C)C. The van der Waals surface area contributed by atoms with Gasteiger partial charge < -0.3 is 4.79 Å². The van der Waals surface area contributed by atoms with Gasteiger partial charge in [-0.15, -0.1) is 0 Å². The predicted octanol–water partition coefficient (Wildman–Crippen LogP) is 7.58. The van der Waals surface area contributed by atoms with Crippen LogP contribution in [0.5, 0.6) is 0 Å². The Kier molecular flexibility index (Phi) is 13.6. The topological polar surface area (TPSA) is 17.1 Å². The third-order valence-electron chi connectivity index (χ3n) is 4.50. The molecule has 0 amide bonds. The number of ketones is 1. The van der Waals surface area contributed by atoms with Crippen LogP contribution >= 0.6 is 0 Å². The maximum atomic E-state index is 10.9. The van der Waals surface area contributed by atoms with Crippen molar-refractivity contribution in [2.75, 3.05) is 0 Å². The molecule has 0 radical (unpaired) electrons. The van der Waals surface area contributed by atoms with Crippen LogP contribution in [0, 0.1) is 5.92 Å². The number of hydrogen-bond acceptors (Lipinski definition) is 1. The molecular formula is C23H40O. The van der Waals surface area contributed by atoms with Crippen molar-refractivity contribution in [1.82, 2.24) is 0 Å². The molecule has 0 saturated heterocycles. The summed E-state index contributed by atoms with van der Waals surface area (Å²) in [4.78, 5) is 10.9. The van der Waals surface area contributed by atoms with Gasteiger partial charge in [0.2, 0.25) is 0 Å². The lowest BCUT2D eigenvalue weighted by Crippen LogP contribution is -1.95. The van der Waals surface area contributed by atoms with Gasteiger partial charge in [-0.25, -0.2) is 0 Å². The first-order valence-electron chi connectivity index (χ1n) is 9.75. The number of carbonyl (C=O) groups is 1. The van der Waals surface area contributed by atoms with Gasteiger partial charge in [0.15, 0.2) is 0 Å². The third kappa shape index (κ3) is 15.8. The van der Waals surface area contributed by atoms with Crippen molar-refractivity contribution in [2.24, 2.45) is 5.92 Å². The molecule has 1 atom stereocenters. The number of rotatable bonds is 13. The van der Waals surface area contributed by atoms with E-state index in [1.807, 2.05) is 0 Å². The normalized spacial score (nSPS) is 13.8. The highest BCUT2D eigenvalue weighted by Gasteiger charge is 2.02. The van der Waals surface area contributed by atoms with Gasteiger partial charge in [-0.3, -0.25) is 0 Å². The molecule has 0 bridgehead atoms. The highest BCUT2D eigenvalue weighted by Crippen LogP contribution is 2.18. The van der Waals surface area contributed by atoms with Gasteiger partial charge in [-0.1, -0.05) is 48.3 Å². The molecule has 0 aromatic heterocycles. The van der Waals surface area contributed by atoms with Gasteiger partial charge in [-0.05, 0) is 85.5 Å². The van der Waals surface area contributed by atoms with Crippen molar-refractivity contribution < 1.29 is 4.79 Å². The Morgan fingerprint density at radius 1 is 0.750 bits per heavy atom. The first-order chi connectivity index (χ1) is 11.3. The van der Waals surface area contributed by atoms with E-state index in [9.17, 15) is 4.79 Å². The molecule has 0 aliphatic carbocycles. The summed E-state index contributed by atoms with van der Waals surface area (Å²) in [6.07, 6.45) is 17.2. The van der Waals surface area contributed by atoms with Gasteiger partial charge in [0, 0.05) is 6.42 Å². The van der Waals surface area contributed by atoms with Crippen molar-refractivity contribution in [1.29, 1.82) is 0 Å². The second-order valence-corrected chi connectivity index (χ2v) is 7.74. The molecule has 0 rings (SSSR count). The van der Waals surface area contributed by atoms with E-state index in [0.29, 0.717) is 6.42 Å². The van der Waals surface area contributed by atoms with Crippen LogP contribution in [0.1, 0.15) is 99.3 Å². The average molecular weight is 333 g/mol. The number of hydrogen-bond donors (Lipinski definition) is 0. The maximum Gasteiger partial charge on any atom is 0.130 e. The lowest BCUT2D eigenvalue weighted by Gasteiger charge is -2.10. The molecule has 0 aromatic rings. The van der Waals surface area contributed by atoms with E-state index in [4.69, 9.17) is 0 Å². The fraction of sp³-hybridized carbons (Fsp3) is 0.696. The van der Waals surface area contributed by atoms with E-state index in [-0.39, 0.29) is 5.78 Å². The van der Waals surface area contributed by atoms with Gasteiger partial charge in [-0.2, -0.15) is 0 Å². The molecule has 0 saturated carbocycles. The lowest BCUT2D eigenvalue weighted by atomic mass is 9.96. The Hall–Kier alpha value is -1.11. The van der Waals surface area contributed by atoms with Crippen molar-refractivity contribution in [3.8, 4) is 0 Å². The number of allylic oxidation sites excluding steroid dienone is 6. The Morgan fingerprint density at radius 3 is 1.96 bits per heavy atom. The first kappa shape index (κ1) is 22.9. The zero-order valence-electron chi connectivity index (χ0n) is 17.1. The van der Waals surface area contributed by atoms with Gasteiger partial charge in [0.05, 0.1) is 0 Å². The summed E-state index contributed by atoms with van der Waals surface area (Å²) in [6, 6.07) is 0. The van der Waals surface area contributed by atoms with Gasteiger partial charge in [0.1, 0.15) is 5.78 Å². The largest absolute Gasteiger partial charge is 0.300 e. The lowest BCUT2D eigenvalue weighted by molar-refractivity contribution is -0.116. The summed E-state index contributed by atoms with van der Waals surface area (Å²) >= 11 is 0. The van der Waals surface area contributed by atoms with E-state index in [2.05, 4.69) is 52.8 Å². The van der Waals surface area contributed by atoms with Gasteiger partial charge >= 0.3 is 0 Å². The van der Waals surface area contributed by atoms with Crippen LogP contribution in [0.15, 0.2) is 34.9 Å². The molecule has 1 heteroatoms. The molecule has 0 spiro atoms. The smallest absolute Gasteiger partial charge is 0.130 e. The van der Waals surface area contributed by atoms with Crippen molar-refractivity contribution in [2.45, 2.75) is 99.3 Å². The first-order valence-corrected chi connectivity index (χ1v) is 9.75. The standard InChI is InChI=1S/C23H40O/c1-19(2)11-7-12-20(3)13-8-14-21(4)15-9-16-22(5)17-10-18-23(6)24/h11,13,17,21H,7-10,12,14-16,18H2,1-6H3/b20-13-,22-17+. The summed E-state index contributed by atoms with van der Waals surface area (Å²) in [5, 5.41) is 0. The van der Waals surface area contributed by atoms with Crippen LogP contribution < -0.4 is 0 Å². The predicted molar refractivity (Wildman–Crippen MR) is 108 cm³/mol.